The molecule has 0 amide bonds. The van der Waals surface area contributed by atoms with E-state index in [0.717, 1.165) is 22.7 Å². The smallest absolute Gasteiger partial charge is 0.164 e. The zero-order valence-electron chi connectivity index (χ0n) is 13.7. The second kappa shape index (κ2) is 5.44. The second-order valence-corrected chi connectivity index (χ2v) is 7.19. The van der Waals surface area contributed by atoms with Gasteiger partial charge in [-0.05, 0) is 38.7 Å². The zero-order chi connectivity index (χ0) is 16.2. The first-order valence-electron chi connectivity index (χ1n) is 7.92. The molecule has 2 saturated heterocycles. The highest BCUT2D eigenvalue weighted by Crippen LogP contribution is 2.46. The molecule has 4 atom stereocenters. The molecule has 0 spiro atoms. The number of hydrogen-bond acceptors (Lipinski definition) is 6. The summed E-state index contributed by atoms with van der Waals surface area (Å²) in [5.74, 6) is -0.572. The molecule has 23 heavy (non-hydrogen) atoms. The van der Waals surface area contributed by atoms with Gasteiger partial charge in [-0.15, -0.1) is 11.8 Å². The van der Waals surface area contributed by atoms with Crippen molar-refractivity contribution in [2.24, 2.45) is 0 Å². The molecule has 7 heteroatoms. The monoisotopic (exact) mass is 335 g/mol. The first kappa shape index (κ1) is 15.4. The van der Waals surface area contributed by atoms with Crippen LogP contribution < -0.4 is 0 Å². The van der Waals surface area contributed by atoms with E-state index in [2.05, 4.69) is 23.1 Å². The number of hydrogen-bond donors (Lipinski definition) is 0. The van der Waals surface area contributed by atoms with E-state index >= 15 is 0 Å². The van der Waals surface area contributed by atoms with Gasteiger partial charge in [0.1, 0.15) is 29.7 Å². The highest BCUT2D eigenvalue weighted by atomic mass is 32.2. The summed E-state index contributed by atoms with van der Waals surface area (Å²) in [5, 5.41) is 5.37. The van der Waals surface area contributed by atoms with Crippen molar-refractivity contribution in [3.05, 3.63) is 24.2 Å². The maximum Gasteiger partial charge on any atom is 0.164 e. The third-order valence-electron chi connectivity index (χ3n) is 4.48. The van der Waals surface area contributed by atoms with Crippen LogP contribution in [0.4, 0.5) is 0 Å². The van der Waals surface area contributed by atoms with Crippen molar-refractivity contribution in [3.8, 4) is 0 Å². The van der Waals surface area contributed by atoms with Crippen LogP contribution in [-0.2, 0) is 14.2 Å². The number of nitrogens with zero attached hydrogens (tertiary/aromatic N) is 3. The van der Waals surface area contributed by atoms with Gasteiger partial charge < -0.3 is 14.2 Å². The second-order valence-electron chi connectivity index (χ2n) is 6.39. The number of ether oxygens (including phenoxy) is 3. The molecule has 1 unspecified atom stereocenters. The van der Waals surface area contributed by atoms with Gasteiger partial charge in [0.2, 0.25) is 0 Å². The summed E-state index contributed by atoms with van der Waals surface area (Å²) in [6.45, 7) is 6.03. The van der Waals surface area contributed by atoms with Gasteiger partial charge in [-0.1, -0.05) is 6.92 Å². The summed E-state index contributed by atoms with van der Waals surface area (Å²) in [7, 11) is 0. The fourth-order valence-electron chi connectivity index (χ4n) is 3.55. The Bertz CT molecular complexity index is 732. The number of thioether (sulfide) groups is 1. The molecule has 0 saturated carbocycles. The highest BCUT2D eigenvalue weighted by molar-refractivity contribution is 7.98. The first-order chi connectivity index (χ1) is 11.0. The third kappa shape index (κ3) is 2.38. The molecular formula is C16H21N3O3S. The quantitative estimate of drug-likeness (QED) is 0.804. The molecule has 0 aliphatic carbocycles. The normalized spacial score (nSPS) is 32.5. The minimum Gasteiger partial charge on any atom is -0.363 e. The van der Waals surface area contributed by atoms with Crippen LogP contribution in [0, 0.1) is 0 Å². The van der Waals surface area contributed by atoms with Crippen molar-refractivity contribution >= 4 is 17.3 Å². The van der Waals surface area contributed by atoms with Gasteiger partial charge in [0.15, 0.2) is 5.79 Å². The van der Waals surface area contributed by atoms with Crippen molar-refractivity contribution in [1.29, 1.82) is 0 Å². The molecule has 2 aromatic rings. The average molecular weight is 335 g/mol. The van der Waals surface area contributed by atoms with Crippen molar-refractivity contribution in [2.45, 2.75) is 62.4 Å². The molecule has 0 bridgehead atoms. The lowest BCUT2D eigenvalue weighted by Gasteiger charge is -2.23. The standard InChI is InChI=1S/C16H21N3O3S/c1-5-11-13-14(22-16(2,3)21-13)12(20-11)9-6-7-10-15(23-4)17-8-18-19(9)10/h6-8,11-14H,5H2,1-4H3/t11-,12?,13-,14+/m1/s1. The molecule has 2 aliphatic heterocycles. The molecule has 0 aromatic carbocycles. The average Bonchev–Trinajstić information content (AvgIpc) is 3.17. The van der Waals surface area contributed by atoms with Gasteiger partial charge in [-0.3, -0.25) is 0 Å². The maximum absolute atomic E-state index is 6.26. The van der Waals surface area contributed by atoms with Crippen LogP contribution in [0.1, 0.15) is 39.0 Å². The van der Waals surface area contributed by atoms with Crippen LogP contribution in [0.5, 0.6) is 0 Å². The van der Waals surface area contributed by atoms with E-state index in [1.54, 1.807) is 18.1 Å². The van der Waals surface area contributed by atoms with Gasteiger partial charge >= 0.3 is 0 Å². The van der Waals surface area contributed by atoms with Gasteiger partial charge in [-0.25, -0.2) is 9.50 Å². The first-order valence-corrected chi connectivity index (χ1v) is 9.14. The predicted molar refractivity (Wildman–Crippen MR) is 86.5 cm³/mol. The summed E-state index contributed by atoms with van der Waals surface area (Å²) < 4.78 is 20.4. The largest absolute Gasteiger partial charge is 0.363 e. The molecule has 6 nitrogen and oxygen atoms in total. The van der Waals surface area contributed by atoms with Crippen molar-refractivity contribution in [1.82, 2.24) is 14.6 Å². The van der Waals surface area contributed by atoms with Gasteiger partial charge in [-0.2, -0.15) is 5.10 Å². The minimum absolute atomic E-state index is 0.0348. The van der Waals surface area contributed by atoms with Crippen LogP contribution in [0.25, 0.3) is 5.52 Å². The predicted octanol–water partition coefficient (Wildman–Crippen LogP) is 2.82. The Kier molecular flexibility index (Phi) is 3.64. The third-order valence-corrected chi connectivity index (χ3v) is 5.18. The molecule has 2 fully saturated rings. The SMILES string of the molecule is CC[C@H]1OC(c2ccc3c(SC)ncnn23)[C@@H]2OC(C)(C)O[C@H]12. The van der Waals surface area contributed by atoms with E-state index in [1.807, 2.05) is 30.7 Å². The van der Waals surface area contributed by atoms with E-state index in [4.69, 9.17) is 14.2 Å². The molecular weight excluding hydrogens is 314 g/mol. The Morgan fingerprint density at radius 2 is 2.04 bits per heavy atom. The Balaban J connectivity index is 1.76. The number of aromatic nitrogens is 3. The van der Waals surface area contributed by atoms with Crippen LogP contribution in [0.2, 0.25) is 0 Å². The van der Waals surface area contributed by atoms with Crippen LogP contribution >= 0.6 is 11.8 Å². The lowest BCUT2D eigenvalue weighted by atomic mass is 10.0. The number of rotatable bonds is 3. The molecule has 4 rings (SSSR count). The topological polar surface area (TPSA) is 57.9 Å². The summed E-state index contributed by atoms with van der Waals surface area (Å²) in [6, 6.07) is 4.10. The Morgan fingerprint density at radius 3 is 2.78 bits per heavy atom. The van der Waals surface area contributed by atoms with Crippen LogP contribution in [0.15, 0.2) is 23.5 Å². The van der Waals surface area contributed by atoms with Gasteiger partial charge in [0, 0.05) is 0 Å². The van der Waals surface area contributed by atoms with E-state index in [9.17, 15) is 0 Å². The Labute approximate surface area is 139 Å². The fourth-order valence-corrected chi connectivity index (χ4v) is 4.07. The molecule has 2 aromatic heterocycles. The van der Waals surface area contributed by atoms with E-state index < -0.39 is 5.79 Å². The van der Waals surface area contributed by atoms with Gasteiger partial charge in [0.25, 0.3) is 0 Å². The summed E-state index contributed by atoms with van der Waals surface area (Å²) in [4.78, 5) is 4.32. The highest BCUT2D eigenvalue weighted by Gasteiger charge is 2.55. The minimum atomic E-state index is -0.572. The molecule has 124 valence electrons. The van der Waals surface area contributed by atoms with Crippen molar-refractivity contribution < 1.29 is 14.2 Å². The molecule has 0 N–H and O–H groups in total. The van der Waals surface area contributed by atoms with Gasteiger partial charge in [0.05, 0.1) is 17.3 Å². The maximum atomic E-state index is 6.26. The molecule has 4 heterocycles. The Morgan fingerprint density at radius 1 is 1.26 bits per heavy atom. The van der Waals surface area contributed by atoms with E-state index in [1.165, 1.54) is 0 Å². The fraction of sp³-hybridized carbons (Fsp3) is 0.625. The van der Waals surface area contributed by atoms with Crippen molar-refractivity contribution in [3.63, 3.8) is 0 Å². The number of fused-ring (bicyclic) bond motifs is 2. The van der Waals surface area contributed by atoms with Crippen molar-refractivity contribution in [2.75, 3.05) is 6.26 Å². The molecule has 0 radical (unpaired) electrons. The Hall–Kier alpha value is -1.15. The lowest BCUT2D eigenvalue weighted by molar-refractivity contribution is -0.188. The molecule has 2 aliphatic rings. The van der Waals surface area contributed by atoms with Crippen LogP contribution in [0.3, 0.4) is 0 Å². The summed E-state index contributed by atoms with van der Waals surface area (Å²) >= 11 is 1.61. The van der Waals surface area contributed by atoms with E-state index in [-0.39, 0.29) is 24.4 Å². The lowest BCUT2D eigenvalue weighted by Crippen LogP contribution is -2.28. The van der Waals surface area contributed by atoms with E-state index in [0.29, 0.717) is 0 Å². The summed E-state index contributed by atoms with van der Waals surface area (Å²) in [5.41, 5.74) is 1.98. The summed E-state index contributed by atoms with van der Waals surface area (Å²) in [6.07, 6.45) is 4.21. The van der Waals surface area contributed by atoms with Crippen LogP contribution in [-0.4, -0.2) is 45.0 Å². The zero-order valence-corrected chi connectivity index (χ0v) is 14.5.